The van der Waals surface area contributed by atoms with Gasteiger partial charge in [0, 0.05) is 13.2 Å². The van der Waals surface area contributed by atoms with E-state index in [9.17, 15) is 9.50 Å². The predicted molar refractivity (Wildman–Crippen MR) is 72.7 cm³/mol. The number of ether oxygens (including phenoxy) is 1. The van der Waals surface area contributed by atoms with Gasteiger partial charge in [0.2, 0.25) is 0 Å². The molecule has 4 heteroatoms. The summed E-state index contributed by atoms with van der Waals surface area (Å²) >= 11 is 0. The van der Waals surface area contributed by atoms with Gasteiger partial charge in [0.15, 0.2) is 0 Å². The molecule has 1 aromatic rings. The zero-order valence-corrected chi connectivity index (χ0v) is 11.3. The normalized spacial score (nSPS) is 23.9. The number of aliphatic hydroxyl groups excluding tert-OH is 1. The van der Waals surface area contributed by atoms with Crippen molar-refractivity contribution in [3.8, 4) is 0 Å². The summed E-state index contributed by atoms with van der Waals surface area (Å²) in [4.78, 5) is 0. The summed E-state index contributed by atoms with van der Waals surface area (Å²) in [6.45, 7) is 1.16. The van der Waals surface area contributed by atoms with Crippen molar-refractivity contribution >= 4 is 0 Å². The number of halogens is 1. The Balaban J connectivity index is 1.65. The van der Waals surface area contributed by atoms with E-state index in [1.807, 2.05) is 12.1 Å². The Kier molecular flexibility index (Phi) is 5.31. The van der Waals surface area contributed by atoms with Crippen molar-refractivity contribution in [2.24, 2.45) is 0 Å². The molecule has 0 amide bonds. The SMILES string of the molecule is COCC(O)CCNC1CC(c2ccccc2F)C1. The second kappa shape index (κ2) is 6.98. The van der Waals surface area contributed by atoms with Crippen LogP contribution in [-0.4, -0.2) is 37.5 Å². The lowest BCUT2D eigenvalue weighted by Gasteiger charge is -2.36. The Morgan fingerprint density at radius 1 is 1.42 bits per heavy atom. The van der Waals surface area contributed by atoms with Crippen LogP contribution in [0.25, 0.3) is 0 Å². The van der Waals surface area contributed by atoms with Gasteiger partial charge in [0.1, 0.15) is 5.82 Å². The highest BCUT2D eigenvalue weighted by atomic mass is 19.1. The molecule has 0 spiro atoms. The van der Waals surface area contributed by atoms with Gasteiger partial charge in [-0.1, -0.05) is 18.2 Å². The summed E-state index contributed by atoms with van der Waals surface area (Å²) < 4.78 is 18.4. The van der Waals surface area contributed by atoms with E-state index in [0.29, 0.717) is 25.0 Å². The maximum absolute atomic E-state index is 13.6. The first-order valence-electron chi connectivity index (χ1n) is 6.85. The number of nitrogens with one attached hydrogen (secondary N) is 1. The van der Waals surface area contributed by atoms with Gasteiger partial charge in [-0.15, -0.1) is 0 Å². The standard InChI is InChI=1S/C15H22FNO2/c1-19-10-13(18)6-7-17-12-8-11(9-12)14-4-2-3-5-15(14)16/h2-5,11-13,17-18H,6-10H2,1H3. The topological polar surface area (TPSA) is 41.5 Å². The Morgan fingerprint density at radius 3 is 2.84 bits per heavy atom. The number of benzene rings is 1. The lowest BCUT2D eigenvalue weighted by molar-refractivity contribution is 0.0582. The Labute approximate surface area is 113 Å². The van der Waals surface area contributed by atoms with Crippen molar-refractivity contribution in [1.29, 1.82) is 0 Å². The largest absolute Gasteiger partial charge is 0.391 e. The van der Waals surface area contributed by atoms with Crippen LogP contribution in [0.3, 0.4) is 0 Å². The van der Waals surface area contributed by atoms with E-state index in [1.165, 1.54) is 6.07 Å². The molecule has 19 heavy (non-hydrogen) atoms. The monoisotopic (exact) mass is 267 g/mol. The molecule has 1 aliphatic carbocycles. The first-order chi connectivity index (χ1) is 9.20. The first kappa shape index (κ1) is 14.4. The highest BCUT2D eigenvalue weighted by Crippen LogP contribution is 2.37. The summed E-state index contributed by atoms with van der Waals surface area (Å²) in [5.74, 6) is 0.240. The fourth-order valence-corrected chi connectivity index (χ4v) is 2.57. The van der Waals surface area contributed by atoms with E-state index >= 15 is 0 Å². The van der Waals surface area contributed by atoms with E-state index in [-0.39, 0.29) is 5.82 Å². The van der Waals surface area contributed by atoms with E-state index in [0.717, 1.165) is 24.9 Å². The fourth-order valence-electron chi connectivity index (χ4n) is 2.57. The maximum atomic E-state index is 13.6. The third-order valence-corrected chi connectivity index (χ3v) is 3.75. The average Bonchev–Trinajstić information content (AvgIpc) is 2.34. The van der Waals surface area contributed by atoms with E-state index in [2.05, 4.69) is 5.32 Å². The van der Waals surface area contributed by atoms with Crippen LogP contribution in [0.15, 0.2) is 24.3 Å². The highest BCUT2D eigenvalue weighted by molar-refractivity contribution is 5.24. The third-order valence-electron chi connectivity index (χ3n) is 3.75. The van der Waals surface area contributed by atoms with Crippen molar-refractivity contribution in [3.05, 3.63) is 35.6 Å². The molecule has 0 radical (unpaired) electrons. The highest BCUT2D eigenvalue weighted by Gasteiger charge is 2.31. The van der Waals surface area contributed by atoms with Crippen LogP contribution in [-0.2, 0) is 4.74 Å². The molecule has 0 aliphatic heterocycles. The second-order valence-electron chi connectivity index (χ2n) is 5.24. The smallest absolute Gasteiger partial charge is 0.126 e. The molecule has 0 aromatic heterocycles. The van der Waals surface area contributed by atoms with Gasteiger partial charge in [0.25, 0.3) is 0 Å². The number of hydrogen-bond donors (Lipinski definition) is 2. The van der Waals surface area contributed by atoms with E-state index in [1.54, 1.807) is 13.2 Å². The first-order valence-corrected chi connectivity index (χ1v) is 6.85. The molecule has 1 unspecified atom stereocenters. The molecule has 0 bridgehead atoms. The lowest BCUT2D eigenvalue weighted by atomic mass is 9.75. The minimum absolute atomic E-state index is 0.0959. The predicted octanol–water partition coefficient (Wildman–Crippen LogP) is 2.06. The molecule has 0 saturated heterocycles. The molecule has 1 atom stereocenters. The van der Waals surface area contributed by atoms with Crippen molar-refractivity contribution in [1.82, 2.24) is 5.32 Å². The fraction of sp³-hybridized carbons (Fsp3) is 0.600. The molecule has 0 heterocycles. The Hall–Kier alpha value is -0.970. The maximum Gasteiger partial charge on any atom is 0.126 e. The van der Waals surface area contributed by atoms with Gasteiger partial charge in [-0.25, -0.2) is 4.39 Å². The second-order valence-corrected chi connectivity index (χ2v) is 5.24. The van der Waals surface area contributed by atoms with Crippen LogP contribution in [0.2, 0.25) is 0 Å². The molecular formula is C15H22FNO2. The summed E-state index contributed by atoms with van der Waals surface area (Å²) in [5.41, 5.74) is 0.833. The Morgan fingerprint density at radius 2 is 2.16 bits per heavy atom. The molecule has 106 valence electrons. The summed E-state index contributed by atoms with van der Waals surface area (Å²) in [6.07, 6.45) is 2.23. The van der Waals surface area contributed by atoms with Crippen molar-refractivity contribution in [2.45, 2.75) is 37.3 Å². The molecule has 2 rings (SSSR count). The number of rotatable bonds is 7. The van der Waals surface area contributed by atoms with Crippen molar-refractivity contribution in [2.75, 3.05) is 20.3 Å². The summed E-state index contributed by atoms with van der Waals surface area (Å²) in [6, 6.07) is 7.46. The van der Waals surface area contributed by atoms with Crippen molar-refractivity contribution < 1.29 is 14.2 Å². The molecule has 1 aliphatic rings. The molecular weight excluding hydrogens is 245 g/mol. The minimum atomic E-state index is -0.403. The molecule has 1 saturated carbocycles. The summed E-state index contributed by atoms with van der Waals surface area (Å²) in [5, 5.41) is 12.9. The molecule has 1 fully saturated rings. The van der Waals surface area contributed by atoms with Crippen LogP contribution in [0.1, 0.15) is 30.7 Å². The van der Waals surface area contributed by atoms with Crippen molar-refractivity contribution in [3.63, 3.8) is 0 Å². The van der Waals surface area contributed by atoms with Gasteiger partial charge < -0.3 is 15.2 Å². The third kappa shape index (κ3) is 4.00. The van der Waals surface area contributed by atoms with Crippen LogP contribution in [0.5, 0.6) is 0 Å². The number of hydrogen-bond acceptors (Lipinski definition) is 3. The Bertz CT molecular complexity index is 393. The van der Waals surface area contributed by atoms with Crippen LogP contribution >= 0.6 is 0 Å². The quantitative estimate of drug-likeness (QED) is 0.794. The van der Waals surface area contributed by atoms with E-state index < -0.39 is 6.10 Å². The van der Waals surface area contributed by atoms with Gasteiger partial charge in [-0.2, -0.15) is 0 Å². The van der Waals surface area contributed by atoms with Gasteiger partial charge in [-0.3, -0.25) is 0 Å². The molecule has 1 aromatic carbocycles. The van der Waals surface area contributed by atoms with Crippen LogP contribution in [0, 0.1) is 5.82 Å². The zero-order valence-electron chi connectivity index (χ0n) is 11.3. The molecule has 2 N–H and O–H groups in total. The number of aliphatic hydroxyl groups is 1. The summed E-state index contributed by atoms with van der Waals surface area (Å²) in [7, 11) is 1.58. The van der Waals surface area contributed by atoms with Crippen LogP contribution in [0.4, 0.5) is 4.39 Å². The lowest BCUT2D eigenvalue weighted by Crippen LogP contribution is -2.41. The number of methoxy groups -OCH3 is 1. The minimum Gasteiger partial charge on any atom is -0.391 e. The zero-order chi connectivity index (χ0) is 13.7. The van der Waals surface area contributed by atoms with Gasteiger partial charge in [-0.05, 0) is 43.4 Å². The van der Waals surface area contributed by atoms with E-state index in [4.69, 9.17) is 4.74 Å². The van der Waals surface area contributed by atoms with Crippen LogP contribution < -0.4 is 5.32 Å². The van der Waals surface area contributed by atoms with Gasteiger partial charge in [0.05, 0.1) is 12.7 Å². The molecule has 3 nitrogen and oxygen atoms in total. The van der Waals surface area contributed by atoms with Gasteiger partial charge >= 0.3 is 0 Å². The average molecular weight is 267 g/mol.